The lowest BCUT2D eigenvalue weighted by Gasteiger charge is -2.06. The Kier molecular flexibility index (Phi) is 4.13. The highest BCUT2D eigenvalue weighted by Gasteiger charge is 2.05. The first-order valence-electron chi connectivity index (χ1n) is 6.28. The summed E-state index contributed by atoms with van der Waals surface area (Å²) in [6.07, 6.45) is 3.54. The van der Waals surface area contributed by atoms with Gasteiger partial charge in [0.1, 0.15) is 0 Å². The van der Waals surface area contributed by atoms with Crippen molar-refractivity contribution < 1.29 is 4.79 Å². The number of amides is 1. The molecule has 1 heterocycles. The van der Waals surface area contributed by atoms with Crippen LogP contribution < -0.4 is 10.9 Å². The van der Waals surface area contributed by atoms with Crippen LogP contribution >= 0.6 is 0 Å². The van der Waals surface area contributed by atoms with E-state index in [0.717, 1.165) is 18.5 Å². The number of carbonyl (C=O) groups excluding carboxylic acids is 1. The quantitative estimate of drug-likeness (QED) is 0.883. The third kappa shape index (κ3) is 3.55. The van der Waals surface area contributed by atoms with Gasteiger partial charge in [0.25, 0.3) is 5.91 Å². The van der Waals surface area contributed by atoms with Gasteiger partial charge in [0.2, 0.25) is 5.56 Å². The van der Waals surface area contributed by atoms with Crippen LogP contribution in [0.1, 0.15) is 29.3 Å². The molecule has 0 atom stereocenters. The molecule has 4 heteroatoms. The average Bonchev–Trinajstić information content (AvgIpc) is 2.42. The summed E-state index contributed by atoms with van der Waals surface area (Å²) in [4.78, 5) is 25.3. The van der Waals surface area contributed by atoms with Gasteiger partial charge in [0.05, 0.1) is 5.56 Å². The van der Waals surface area contributed by atoms with E-state index >= 15 is 0 Å². The first kappa shape index (κ1) is 13.1. The largest absolute Gasteiger partial charge is 0.328 e. The number of aromatic nitrogens is 1. The van der Waals surface area contributed by atoms with E-state index in [1.165, 1.54) is 23.9 Å². The van der Waals surface area contributed by atoms with Gasteiger partial charge in [0.15, 0.2) is 0 Å². The number of benzene rings is 1. The van der Waals surface area contributed by atoms with E-state index in [4.69, 9.17) is 0 Å². The number of hydrogen-bond acceptors (Lipinski definition) is 2. The van der Waals surface area contributed by atoms with Crippen molar-refractivity contribution in [2.75, 3.05) is 5.32 Å². The molecular formula is C15H16N2O2. The first-order chi connectivity index (χ1) is 9.19. The maximum absolute atomic E-state index is 11.9. The monoisotopic (exact) mass is 256 g/mol. The molecule has 2 N–H and O–H groups in total. The molecule has 2 aromatic rings. The zero-order valence-electron chi connectivity index (χ0n) is 10.8. The summed E-state index contributed by atoms with van der Waals surface area (Å²) in [6.45, 7) is 2.13. The summed E-state index contributed by atoms with van der Waals surface area (Å²) in [5, 5.41) is 2.79. The predicted molar refractivity (Wildman–Crippen MR) is 75.5 cm³/mol. The number of anilines is 1. The number of carbonyl (C=O) groups is 1. The summed E-state index contributed by atoms with van der Waals surface area (Å²) in [6, 6.07) is 10.6. The highest BCUT2D eigenvalue weighted by molar-refractivity contribution is 6.03. The Hall–Kier alpha value is -2.36. The molecule has 4 nitrogen and oxygen atoms in total. The highest BCUT2D eigenvalue weighted by Crippen LogP contribution is 2.12. The van der Waals surface area contributed by atoms with Crippen molar-refractivity contribution in [3.05, 3.63) is 64.1 Å². The Morgan fingerprint density at radius 3 is 2.47 bits per heavy atom. The SMILES string of the molecule is CCCc1ccc(NC(=O)c2ccc(=O)[nH]c2)cc1. The predicted octanol–water partition coefficient (Wildman–Crippen LogP) is 2.58. The lowest BCUT2D eigenvalue weighted by Crippen LogP contribution is -2.14. The molecule has 1 aromatic heterocycles. The van der Waals surface area contributed by atoms with Gasteiger partial charge in [-0.15, -0.1) is 0 Å². The average molecular weight is 256 g/mol. The molecule has 1 amide bonds. The molecule has 0 aliphatic rings. The van der Waals surface area contributed by atoms with E-state index in [0.29, 0.717) is 5.56 Å². The minimum absolute atomic E-state index is 0.222. The second-order valence-electron chi connectivity index (χ2n) is 4.34. The van der Waals surface area contributed by atoms with E-state index in [-0.39, 0.29) is 11.5 Å². The van der Waals surface area contributed by atoms with Crippen molar-refractivity contribution in [2.24, 2.45) is 0 Å². The zero-order chi connectivity index (χ0) is 13.7. The zero-order valence-corrected chi connectivity index (χ0v) is 10.8. The fraction of sp³-hybridized carbons (Fsp3) is 0.200. The molecule has 0 unspecified atom stereocenters. The van der Waals surface area contributed by atoms with E-state index in [1.807, 2.05) is 24.3 Å². The van der Waals surface area contributed by atoms with Crippen LogP contribution in [-0.2, 0) is 6.42 Å². The van der Waals surface area contributed by atoms with E-state index in [1.54, 1.807) is 0 Å². The van der Waals surface area contributed by atoms with Crippen molar-refractivity contribution in [1.82, 2.24) is 4.98 Å². The lowest BCUT2D eigenvalue weighted by molar-refractivity contribution is 0.102. The van der Waals surface area contributed by atoms with Crippen LogP contribution in [0.3, 0.4) is 0 Å². The van der Waals surface area contributed by atoms with Gasteiger partial charge >= 0.3 is 0 Å². The van der Waals surface area contributed by atoms with Gasteiger partial charge in [-0.2, -0.15) is 0 Å². The summed E-state index contributed by atoms with van der Waals surface area (Å²) in [5.41, 5.74) is 2.21. The molecule has 19 heavy (non-hydrogen) atoms. The van der Waals surface area contributed by atoms with E-state index < -0.39 is 0 Å². The van der Waals surface area contributed by atoms with E-state index in [2.05, 4.69) is 17.2 Å². The van der Waals surface area contributed by atoms with Crippen molar-refractivity contribution in [2.45, 2.75) is 19.8 Å². The van der Waals surface area contributed by atoms with Crippen molar-refractivity contribution in [3.63, 3.8) is 0 Å². The molecule has 0 spiro atoms. The fourth-order valence-electron chi connectivity index (χ4n) is 1.80. The molecule has 0 bridgehead atoms. The van der Waals surface area contributed by atoms with Crippen LogP contribution in [0.25, 0.3) is 0 Å². The van der Waals surface area contributed by atoms with Gasteiger partial charge in [0, 0.05) is 18.0 Å². The van der Waals surface area contributed by atoms with Gasteiger partial charge in [-0.3, -0.25) is 9.59 Å². The van der Waals surface area contributed by atoms with Crippen LogP contribution in [0.5, 0.6) is 0 Å². The molecular weight excluding hydrogens is 240 g/mol. The van der Waals surface area contributed by atoms with Gasteiger partial charge in [-0.25, -0.2) is 0 Å². The van der Waals surface area contributed by atoms with Crippen molar-refractivity contribution >= 4 is 11.6 Å². The second-order valence-corrected chi connectivity index (χ2v) is 4.34. The van der Waals surface area contributed by atoms with E-state index in [9.17, 15) is 9.59 Å². The number of hydrogen-bond donors (Lipinski definition) is 2. The standard InChI is InChI=1S/C15H16N2O2/c1-2-3-11-4-7-13(8-5-11)17-15(19)12-6-9-14(18)16-10-12/h4-10H,2-3H2,1H3,(H,16,18)(H,17,19). The molecule has 0 radical (unpaired) electrons. The highest BCUT2D eigenvalue weighted by atomic mass is 16.1. The number of rotatable bonds is 4. The Morgan fingerprint density at radius 2 is 1.89 bits per heavy atom. The Morgan fingerprint density at radius 1 is 1.16 bits per heavy atom. The second kappa shape index (κ2) is 6.00. The topological polar surface area (TPSA) is 62.0 Å². The van der Waals surface area contributed by atoms with Crippen LogP contribution in [0, 0.1) is 0 Å². The summed E-state index contributed by atoms with van der Waals surface area (Å²) in [7, 11) is 0. The lowest BCUT2D eigenvalue weighted by atomic mass is 10.1. The van der Waals surface area contributed by atoms with Crippen LogP contribution in [-0.4, -0.2) is 10.9 Å². The third-order valence-electron chi connectivity index (χ3n) is 2.80. The Bertz CT molecular complexity index is 594. The number of aromatic amines is 1. The minimum Gasteiger partial charge on any atom is -0.328 e. The molecule has 0 aliphatic heterocycles. The molecule has 1 aromatic carbocycles. The molecule has 0 fully saturated rings. The Balaban J connectivity index is 2.06. The number of aryl methyl sites for hydroxylation is 1. The fourth-order valence-corrected chi connectivity index (χ4v) is 1.80. The molecule has 2 rings (SSSR count). The van der Waals surface area contributed by atoms with Crippen molar-refractivity contribution in [1.29, 1.82) is 0 Å². The van der Waals surface area contributed by atoms with Gasteiger partial charge in [-0.1, -0.05) is 25.5 Å². The smallest absolute Gasteiger partial charge is 0.257 e. The van der Waals surface area contributed by atoms with Gasteiger partial charge < -0.3 is 10.3 Å². The third-order valence-corrected chi connectivity index (χ3v) is 2.80. The van der Waals surface area contributed by atoms with Crippen molar-refractivity contribution in [3.8, 4) is 0 Å². The summed E-state index contributed by atoms with van der Waals surface area (Å²) in [5.74, 6) is -0.237. The maximum atomic E-state index is 11.9. The van der Waals surface area contributed by atoms with Crippen LogP contribution in [0.4, 0.5) is 5.69 Å². The number of pyridine rings is 1. The normalized spacial score (nSPS) is 10.2. The summed E-state index contributed by atoms with van der Waals surface area (Å²) < 4.78 is 0. The molecule has 0 saturated heterocycles. The first-order valence-corrected chi connectivity index (χ1v) is 6.28. The van der Waals surface area contributed by atoms with Gasteiger partial charge in [-0.05, 0) is 30.2 Å². The van der Waals surface area contributed by atoms with Crippen LogP contribution in [0.2, 0.25) is 0 Å². The Labute approximate surface area is 111 Å². The molecule has 0 aliphatic carbocycles. The minimum atomic E-state index is -0.237. The number of nitrogens with one attached hydrogen (secondary N) is 2. The molecule has 98 valence electrons. The summed E-state index contributed by atoms with van der Waals surface area (Å²) >= 11 is 0. The maximum Gasteiger partial charge on any atom is 0.257 e. The van der Waals surface area contributed by atoms with Crippen LogP contribution in [0.15, 0.2) is 47.4 Å². The number of H-pyrrole nitrogens is 1. The molecule has 0 saturated carbocycles.